The molecule has 0 bridgehead atoms. The van der Waals surface area contributed by atoms with Crippen molar-refractivity contribution in [1.82, 2.24) is 10.6 Å². The lowest BCUT2D eigenvalue weighted by Gasteiger charge is -2.07. The second kappa shape index (κ2) is 38.3. The van der Waals surface area contributed by atoms with Gasteiger partial charge in [-0.1, -0.05) is 20.3 Å². The number of carbonyl (C=O) groups is 8. The minimum atomic E-state index is -1.18. The van der Waals surface area contributed by atoms with E-state index in [1.165, 1.54) is 6.92 Å². The SMILES string of the molecule is CC(C)[C@H](N)C(=O)O.C[C@@H](O)[C@H](N)C(=O)O.NC(=O)CC[C@H](N)C(=O)O.NCC(=O)O.NCCCC[C@H](N)C(=O)O.O=C(O)[C@@H]1CCCN1.O=C(O)[C@@H]1CCCN1. The average molecular weight is 834 g/mol. The van der Waals surface area contributed by atoms with Gasteiger partial charge in [0.25, 0.3) is 0 Å². The van der Waals surface area contributed by atoms with Gasteiger partial charge in [0.2, 0.25) is 5.91 Å². The number of aliphatic carboxylic acids is 7. The minimum absolute atomic E-state index is 0.0208. The van der Waals surface area contributed by atoms with Crippen molar-refractivity contribution in [2.24, 2.45) is 46.1 Å². The summed E-state index contributed by atoms with van der Waals surface area (Å²) in [6.45, 7) is 6.93. The molecule has 24 N–H and O–H groups in total. The van der Waals surface area contributed by atoms with Crippen molar-refractivity contribution in [1.29, 1.82) is 0 Å². The number of carboxylic acid groups (broad SMARTS) is 7. The third-order valence-corrected chi connectivity index (χ3v) is 7.01. The van der Waals surface area contributed by atoms with Gasteiger partial charge in [-0.25, -0.2) is 0 Å². The van der Waals surface area contributed by atoms with Crippen LogP contribution in [-0.2, 0) is 38.4 Å². The van der Waals surface area contributed by atoms with E-state index in [0.717, 1.165) is 51.6 Å². The number of nitrogens with two attached hydrogens (primary N) is 7. The highest BCUT2D eigenvalue weighted by atomic mass is 16.4. The van der Waals surface area contributed by atoms with Crippen molar-refractivity contribution < 1.29 is 79.2 Å². The topological polar surface area (TPSA) is 505 Å². The summed E-state index contributed by atoms with van der Waals surface area (Å²) < 4.78 is 0. The normalized spacial score (nSPS) is 17.5. The van der Waals surface area contributed by atoms with Crippen LogP contribution in [0.1, 0.15) is 78.6 Å². The second-order valence-electron chi connectivity index (χ2n) is 12.5. The average Bonchev–Trinajstić information content (AvgIpc) is 3.87. The number of hydrogen-bond acceptors (Lipinski definition) is 17. The Labute approximate surface area is 330 Å². The largest absolute Gasteiger partial charge is 0.480 e. The zero-order valence-electron chi connectivity index (χ0n) is 32.7. The van der Waals surface area contributed by atoms with Crippen LogP contribution in [0, 0.1) is 5.92 Å². The number of primary amides is 1. The van der Waals surface area contributed by atoms with Crippen molar-refractivity contribution >= 4 is 47.7 Å². The van der Waals surface area contributed by atoms with Gasteiger partial charge in [-0.3, -0.25) is 38.4 Å². The van der Waals surface area contributed by atoms with Crippen LogP contribution in [0.25, 0.3) is 0 Å². The van der Waals surface area contributed by atoms with Crippen LogP contribution in [0.3, 0.4) is 0 Å². The smallest absolute Gasteiger partial charge is 0.323 e. The maximum absolute atomic E-state index is 10.1. The molecule has 0 saturated carbocycles. The second-order valence-corrected chi connectivity index (χ2v) is 12.5. The molecule has 0 aromatic rings. The highest BCUT2D eigenvalue weighted by Crippen LogP contribution is 2.04. The molecule has 0 aromatic heterocycles. The van der Waals surface area contributed by atoms with Crippen molar-refractivity contribution in [2.75, 3.05) is 26.2 Å². The Kier molecular flexibility index (Phi) is 41.4. The van der Waals surface area contributed by atoms with Gasteiger partial charge in [0.05, 0.1) is 12.6 Å². The summed E-state index contributed by atoms with van der Waals surface area (Å²) >= 11 is 0. The molecular formula is C32H67N9O16. The Balaban J connectivity index is -0.000000186. The van der Waals surface area contributed by atoms with Gasteiger partial charge in [0.1, 0.15) is 36.3 Å². The first-order valence-electron chi connectivity index (χ1n) is 17.7. The summed E-state index contributed by atoms with van der Waals surface area (Å²) in [5, 5.41) is 71.3. The van der Waals surface area contributed by atoms with E-state index in [1.54, 1.807) is 13.8 Å². The first kappa shape index (κ1) is 61.6. The third kappa shape index (κ3) is 44.0. The van der Waals surface area contributed by atoms with Crippen LogP contribution in [-0.4, -0.2) is 157 Å². The lowest BCUT2D eigenvalue weighted by Crippen LogP contribution is -2.39. The van der Waals surface area contributed by atoms with Gasteiger partial charge in [-0.2, -0.15) is 0 Å². The van der Waals surface area contributed by atoms with Gasteiger partial charge < -0.3 is 91.6 Å². The summed E-state index contributed by atoms with van der Waals surface area (Å²) in [5.74, 6) is -7.07. The van der Waals surface area contributed by atoms with E-state index >= 15 is 0 Å². The number of rotatable bonds is 16. The highest BCUT2D eigenvalue weighted by Gasteiger charge is 2.21. The van der Waals surface area contributed by atoms with Gasteiger partial charge in [-0.15, -0.1) is 0 Å². The molecule has 0 aromatic carbocycles. The fourth-order valence-electron chi connectivity index (χ4n) is 3.34. The predicted molar refractivity (Wildman–Crippen MR) is 204 cm³/mol. The molecule has 0 spiro atoms. The highest BCUT2D eigenvalue weighted by molar-refractivity contribution is 5.77. The van der Waals surface area contributed by atoms with Crippen molar-refractivity contribution in [3.63, 3.8) is 0 Å². The van der Waals surface area contributed by atoms with E-state index in [2.05, 4.69) is 16.4 Å². The minimum Gasteiger partial charge on any atom is -0.480 e. The number of unbranched alkanes of at least 4 members (excludes halogenated alkanes) is 1. The number of hydrogen-bond donors (Lipinski definition) is 17. The van der Waals surface area contributed by atoms with Crippen LogP contribution in [0.4, 0.5) is 0 Å². The lowest BCUT2D eigenvalue weighted by atomic mass is 10.1. The van der Waals surface area contributed by atoms with Gasteiger partial charge in [0.15, 0.2) is 0 Å². The van der Waals surface area contributed by atoms with E-state index in [9.17, 15) is 38.4 Å². The number of aliphatic hydroxyl groups excluding tert-OH is 1. The number of amides is 1. The molecular weight excluding hydrogens is 766 g/mol. The van der Waals surface area contributed by atoms with E-state index < -0.39 is 78.0 Å². The number of aliphatic hydroxyl groups is 1. The molecule has 57 heavy (non-hydrogen) atoms. The Morgan fingerprint density at radius 3 is 1.14 bits per heavy atom. The van der Waals surface area contributed by atoms with Crippen LogP contribution in [0.15, 0.2) is 0 Å². The Morgan fingerprint density at radius 2 is 0.982 bits per heavy atom. The summed E-state index contributed by atoms with van der Waals surface area (Å²) in [6.07, 6.45) is 4.88. The first-order chi connectivity index (χ1) is 26.2. The zero-order valence-corrected chi connectivity index (χ0v) is 32.7. The summed E-state index contributed by atoms with van der Waals surface area (Å²) in [7, 11) is 0. The molecule has 25 heteroatoms. The van der Waals surface area contributed by atoms with Crippen molar-refractivity contribution in [2.45, 2.75) is 121 Å². The fraction of sp³-hybridized carbons (Fsp3) is 0.750. The van der Waals surface area contributed by atoms with E-state index in [-0.39, 0.29) is 37.4 Å². The molecule has 2 saturated heterocycles. The number of nitrogens with one attached hydrogen (secondary N) is 2. The molecule has 336 valence electrons. The molecule has 1 amide bonds. The lowest BCUT2D eigenvalue weighted by molar-refractivity contribution is -0.141. The van der Waals surface area contributed by atoms with Crippen LogP contribution < -0.4 is 50.8 Å². The summed E-state index contributed by atoms with van der Waals surface area (Å²) in [5.41, 5.74) is 34.9. The molecule has 0 unspecified atom stereocenters. The maximum Gasteiger partial charge on any atom is 0.323 e. The van der Waals surface area contributed by atoms with Gasteiger partial charge >= 0.3 is 41.8 Å². The van der Waals surface area contributed by atoms with Crippen molar-refractivity contribution in [3.05, 3.63) is 0 Å². The van der Waals surface area contributed by atoms with Gasteiger partial charge in [-0.05, 0) is 77.4 Å². The zero-order chi connectivity index (χ0) is 45.8. The molecule has 2 aliphatic rings. The fourth-order valence-corrected chi connectivity index (χ4v) is 3.34. The Morgan fingerprint density at radius 1 is 0.614 bits per heavy atom. The quantitative estimate of drug-likeness (QED) is 0.0654. The summed E-state index contributed by atoms with van der Waals surface area (Å²) in [4.78, 5) is 79.7. The standard InChI is InChI=1S/C6H14N2O2.C5H10N2O3.2C5H9NO2.C5H11NO2.C4H9NO3.C2H5NO2/c7-4-2-1-3-5(8)6(9)10;6-3(5(9)10)1-2-4(7)8;2*7-5(8)4-2-1-3-6-4;1-3(2)4(6)5(7)8;1-2(6)3(5)4(7)8;3-1-2(4)5/h5H,1-4,7-8H2,(H,9,10);3H,1-2,6H2,(H2,7,8)(H,9,10);2*4,6H,1-3H2,(H,7,8);3-4H,6H2,1-2H3,(H,7,8);2-3,6H,5H2,1H3,(H,7,8);1,3H2,(H,4,5)/t5-;3-;3*4-;2-,3+;/m000001./s1. The molecule has 2 rings (SSSR count). The molecule has 2 aliphatic heterocycles. The maximum atomic E-state index is 10.1. The molecule has 7 atom stereocenters. The monoisotopic (exact) mass is 833 g/mol. The number of carbonyl (C=O) groups excluding carboxylic acids is 1. The molecule has 2 heterocycles. The third-order valence-electron chi connectivity index (χ3n) is 7.01. The molecule has 2 fully saturated rings. The molecule has 0 radical (unpaired) electrons. The van der Waals surface area contributed by atoms with E-state index in [0.29, 0.717) is 13.0 Å². The Bertz CT molecular complexity index is 1080. The number of carboxylic acids is 7. The summed E-state index contributed by atoms with van der Waals surface area (Å²) in [6, 6.07) is -4.10. The van der Waals surface area contributed by atoms with Gasteiger partial charge in [0, 0.05) is 6.42 Å². The first-order valence-corrected chi connectivity index (χ1v) is 17.7. The Hall–Kier alpha value is -4.60. The van der Waals surface area contributed by atoms with Crippen LogP contribution in [0.2, 0.25) is 0 Å². The molecule has 25 nitrogen and oxygen atoms in total. The van der Waals surface area contributed by atoms with E-state index in [1.807, 2.05) is 0 Å². The predicted octanol–water partition coefficient (Wildman–Crippen LogP) is -4.30. The molecule has 0 aliphatic carbocycles. The van der Waals surface area contributed by atoms with Crippen molar-refractivity contribution in [3.8, 4) is 0 Å². The van der Waals surface area contributed by atoms with E-state index in [4.69, 9.17) is 75.3 Å². The van der Waals surface area contributed by atoms with Crippen LogP contribution >= 0.6 is 0 Å². The van der Waals surface area contributed by atoms with Crippen LogP contribution in [0.5, 0.6) is 0 Å².